The van der Waals surface area contributed by atoms with Crippen LogP contribution in [-0.4, -0.2) is 18.1 Å². The number of carbonyl (C=O) groups is 2. The summed E-state index contributed by atoms with van der Waals surface area (Å²) in [6.07, 6.45) is -0.354. The Hall–Kier alpha value is -3.60. The number of cyclic esters (lactones) is 1. The Kier molecular flexibility index (Phi) is 5.29. The molecule has 1 aliphatic heterocycles. The third-order valence-corrected chi connectivity index (χ3v) is 5.04. The molecule has 3 aromatic carbocycles. The molecule has 4 rings (SSSR count). The second kappa shape index (κ2) is 8.19. The summed E-state index contributed by atoms with van der Waals surface area (Å²) in [7, 11) is 0. The van der Waals surface area contributed by atoms with Crippen LogP contribution in [0.1, 0.15) is 23.1 Å². The molecule has 1 saturated heterocycles. The van der Waals surface area contributed by atoms with Crippen molar-refractivity contribution in [2.75, 3.05) is 0 Å². The highest BCUT2D eigenvalue weighted by Crippen LogP contribution is 2.42. The monoisotopic (exact) mass is 387 g/mol. The lowest BCUT2D eigenvalue weighted by Crippen LogP contribution is -2.38. The molecule has 5 nitrogen and oxygen atoms in total. The summed E-state index contributed by atoms with van der Waals surface area (Å²) in [4.78, 5) is 24.9. The van der Waals surface area contributed by atoms with Gasteiger partial charge in [0.25, 0.3) is 0 Å². The van der Waals surface area contributed by atoms with E-state index in [4.69, 9.17) is 9.47 Å². The third-order valence-electron chi connectivity index (χ3n) is 5.04. The maximum Gasteiger partial charge on any atom is 0.408 e. The second-order valence-corrected chi connectivity index (χ2v) is 6.94. The van der Waals surface area contributed by atoms with E-state index < -0.39 is 23.7 Å². The van der Waals surface area contributed by atoms with Crippen molar-refractivity contribution < 1.29 is 19.1 Å². The van der Waals surface area contributed by atoms with Gasteiger partial charge in [0.15, 0.2) is 5.60 Å². The molecule has 29 heavy (non-hydrogen) atoms. The molecule has 1 heterocycles. The molecular weight excluding hydrogens is 366 g/mol. The predicted molar refractivity (Wildman–Crippen MR) is 108 cm³/mol. The standard InChI is InChI=1S/C24H21NO4/c26-22-21(25-23(27)28-17-18-10-4-1-5-11-18)16-24(29-22,19-12-6-2-7-13-19)20-14-8-3-9-15-20/h1-15,21H,16-17H2,(H,25,27). The van der Waals surface area contributed by atoms with Gasteiger partial charge in [-0.25, -0.2) is 9.59 Å². The summed E-state index contributed by atoms with van der Waals surface area (Å²) >= 11 is 0. The Morgan fingerprint density at radius 1 is 0.897 bits per heavy atom. The molecule has 146 valence electrons. The van der Waals surface area contributed by atoms with Gasteiger partial charge >= 0.3 is 12.1 Å². The van der Waals surface area contributed by atoms with Crippen LogP contribution in [-0.2, 0) is 26.5 Å². The minimum atomic E-state index is -0.947. The maximum atomic E-state index is 12.7. The first-order valence-corrected chi connectivity index (χ1v) is 9.48. The molecule has 1 unspecified atom stereocenters. The number of ether oxygens (including phenoxy) is 2. The lowest BCUT2D eigenvalue weighted by atomic mass is 9.83. The molecule has 0 spiro atoms. The van der Waals surface area contributed by atoms with Crippen molar-refractivity contribution in [3.8, 4) is 0 Å². The Morgan fingerprint density at radius 2 is 1.41 bits per heavy atom. The Bertz CT molecular complexity index is 934. The van der Waals surface area contributed by atoms with Gasteiger partial charge in [-0.15, -0.1) is 0 Å². The van der Waals surface area contributed by atoms with Crippen LogP contribution in [0.25, 0.3) is 0 Å². The summed E-state index contributed by atoms with van der Waals surface area (Å²) in [5.74, 6) is -0.477. The molecular formula is C24H21NO4. The summed E-state index contributed by atoms with van der Waals surface area (Å²) in [6, 6.07) is 27.7. The Morgan fingerprint density at radius 3 is 1.97 bits per heavy atom. The highest BCUT2D eigenvalue weighted by atomic mass is 16.6. The zero-order valence-corrected chi connectivity index (χ0v) is 15.8. The molecule has 1 amide bonds. The van der Waals surface area contributed by atoms with E-state index in [1.165, 1.54) is 0 Å². The van der Waals surface area contributed by atoms with Crippen LogP contribution in [0, 0.1) is 0 Å². The smallest absolute Gasteiger partial charge is 0.408 e. The van der Waals surface area contributed by atoms with Gasteiger partial charge in [-0.3, -0.25) is 0 Å². The largest absolute Gasteiger partial charge is 0.448 e. The highest BCUT2D eigenvalue weighted by Gasteiger charge is 2.50. The average molecular weight is 387 g/mol. The molecule has 0 aromatic heterocycles. The van der Waals surface area contributed by atoms with Crippen LogP contribution in [0.3, 0.4) is 0 Å². The van der Waals surface area contributed by atoms with E-state index in [2.05, 4.69) is 5.32 Å². The lowest BCUT2D eigenvalue weighted by molar-refractivity contribution is -0.147. The molecule has 1 atom stereocenters. The first-order chi connectivity index (χ1) is 14.2. The van der Waals surface area contributed by atoms with Crippen molar-refractivity contribution >= 4 is 12.1 Å². The molecule has 5 heteroatoms. The van der Waals surface area contributed by atoms with Crippen LogP contribution in [0.4, 0.5) is 4.79 Å². The normalized spacial score (nSPS) is 17.4. The van der Waals surface area contributed by atoms with Crippen molar-refractivity contribution in [3.63, 3.8) is 0 Å². The number of carbonyl (C=O) groups excluding carboxylic acids is 2. The van der Waals surface area contributed by atoms with Crippen LogP contribution >= 0.6 is 0 Å². The minimum absolute atomic E-state index is 0.136. The number of benzene rings is 3. The van der Waals surface area contributed by atoms with E-state index in [1.54, 1.807) is 0 Å². The molecule has 0 bridgehead atoms. The average Bonchev–Trinajstić information content (AvgIpc) is 3.11. The quantitative estimate of drug-likeness (QED) is 0.668. The van der Waals surface area contributed by atoms with Crippen molar-refractivity contribution in [1.29, 1.82) is 0 Å². The van der Waals surface area contributed by atoms with E-state index in [1.807, 2.05) is 91.0 Å². The van der Waals surface area contributed by atoms with E-state index in [0.717, 1.165) is 16.7 Å². The van der Waals surface area contributed by atoms with E-state index >= 15 is 0 Å². The number of hydrogen-bond donors (Lipinski definition) is 1. The third kappa shape index (κ3) is 3.99. The topological polar surface area (TPSA) is 64.6 Å². The number of rotatable bonds is 5. The molecule has 1 fully saturated rings. The molecule has 3 aromatic rings. The fourth-order valence-corrected chi connectivity index (χ4v) is 3.61. The highest BCUT2D eigenvalue weighted by molar-refractivity contribution is 5.84. The van der Waals surface area contributed by atoms with Crippen LogP contribution in [0.5, 0.6) is 0 Å². The first-order valence-electron chi connectivity index (χ1n) is 9.48. The van der Waals surface area contributed by atoms with Gasteiger partial charge in [0, 0.05) is 17.5 Å². The van der Waals surface area contributed by atoms with Crippen molar-refractivity contribution in [3.05, 3.63) is 108 Å². The van der Waals surface area contributed by atoms with Gasteiger partial charge < -0.3 is 14.8 Å². The second-order valence-electron chi connectivity index (χ2n) is 6.94. The molecule has 0 radical (unpaired) electrons. The van der Waals surface area contributed by atoms with E-state index in [9.17, 15) is 9.59 Å². The van der Waals surface area contributed by atoms with Gasteiger partial charge in [0.2, 0.25) is 0 Å². The maximum absolute atomic E-state index is 12.7. The number of alkyl carbamates (subject to hydrolysis) is 1. The molecule has 1 N–H and O–H groups in total. The summed E-state index contributed by atoms with van der Waals surface area (Å²) in [5, 5.41) is 2.66. The number of esters is 1. The molecule has 0 aliphatic carbocycles. The first kappa shape index (κ1) is 18.7. The van der Waals surface area contributed by atoms with Gasteiger partial charge in [0.1, 0.15) is 12.6 Å². The zero-order chi connectivity index (χ0) is 20.1. The SMILES string of the molecule is O=C(NC1CC(c2ccccc2)(c2ccccc2)OC1=O)OCc1ccccc1. The van der Waals surface area contributed by atoms with E-state index in [-0.39, 0.29) is 6.61 Å². The van der Waals surface area contributed by atoms with Gasteiger partial charge in [-0.05, 0) is 5.56 Å². The number of hydrogen-bond acceptors (Lipinski definition) is 4. The summed E-state index contributed by atoms with van der Waals surface area (Å²) < 4.78 is 11.1. The Balaban J connectivity index is 1.52. The van der Waals surface area contributed by atoms with Gasteiger partial charge in [-0.1, -0.05) is 91.0 Å². The van der Waals surface area contributed by atoms with Gasteiger partial charge in [-0.2, -0.15) is 0 Å². The molecule has 0 saturated carbocycles. The van der Waals surface area contributed by atoms with Crippen LogP contribution in [0.15, 0.2) is 91.0 Å². The lowest BCUT2D eigenvalue weighted by Gasteiger charge is -2.28. The number of amides is 1. The van der Waals surface area contributed by atoms with Crippen LogP contribution in [0.2, 0.25) is 0 Å². The summed E-state index contributed by atoms with van der Waals surface area (Å²) in [5.41, 5.74) is 1.65. The van der Waals surface area contributed by atoms with Crippen molar-refractivity contribution in [2.45, 2.75) is 24.7 Å². The molecule has 1 aliphatic rings. The predicted octanol–water partition coefficient (Wildman–Crippen LogP) is 4.17. The van der Waals surface area contributed by atoms with Gasteiger partial charge in [0.05, 0.1) is 0 Å². The zero-order valence-electron chi connectivity index (χ0n) is 15.8. The minimum Gasteiger partial charge on any atom is -0.448 e. The number of nitrogens with one attached hydrogen (secondary N) is 1. The van der Waals surface area contributed by atoms with Crippen molar-refractivity contribution in [2.24, 2.45) is 0 Å². The summed E-state index contributed by atoms with van der Waals surface area (Å²) in [6.45, 7) is 0.136. The fraction of sp³-hybridized carbons (Fsp3) is 0.167. The van der Waals surface area contributed by atoms with E-state index in [0.29, 0.717) is 6.42 Å². The van der Waals surface area contributed by atoms with Crippen molar-refractivity contribution in [1.82, 2.24) is 5.32 Å². The fourth-order valence-electron chi connectivity index (χ4n) is 3.61. The van der Waals surface area contributed by atoms with Crippen LogP contribution < -0.4 is 5.32 Å². The Labute approximate surface area is 169 Å².